The number of aryl methyl sites for hydroxylation is 2. The predicted octanol–water partition coefficient (Wildman–Crippen LogP) is 5.03. The molecule has 32 heavy (non-hydrogen) atoms. The van der Waals surface area contributed by atoms with Gasteiger partial charge in [0.25, 0.3) is 0 Å². The Balaban J connectivity index is 1.42. The van der Waals surface area contributed by atoms with Crippen LogP contribution in [0.15, 0.2) is 53.4 Å². The van der Waals surface area contributed by atoms with Crippen LogP contribution in [0.3, 0.4) is 0 Å². The Morgan fingerprint density at radius 1 is 1.12 bits per heavy atom. The minimum atomic E-state index is 0.241. The summed E-state index contributed by atoms with van der Waals surface area (Å²) in [6, 6.07) is 12.3. The van der Waals surface area contributed by atoms with Crippen molar-refractivity contribution >= 4 is 28.1 Å². The number of pyridine rings is 1. The van der Waals surface area contributed by atoms with Crippen molar-refractivity contribution in [1.29, 1.82) is 0 Å². The molecule has 4 aromatic rings. The molecule has 1 atom stereocenters. The third-order valence-corrected chi connectivity index (χ3v) is 6.34. The number of methoxy groups -OCH3 is 1. The van der Waals surface area contributed by atoms with Crippen molar-refractivity contribution in [2.24, 2.45) is 0 Å². The van der Waals surface area contributed by atoms with Gasteiger partial charge in [0.1, 0.15) is 11.5 Å². The molecule has 0 radical (unpaired) electrons. The molecule has 4 heterocycles. The number of rotatable bonds is 5. The van der Waals surface area contributed by atoms with Crippen LogP contribution in [0.2, 0.25) is 0 Å². The highest BCUT2D eigenvalue weighted by Crippen LogP contribution is 2.36. The number of fused-ring (bicyclic) bond motifs is 1. The third kappa shape index (κ3) is 3.98. The largest absolute Gasteiger partial charge is 0.479 e. The first kappa shape index (κ1) is 20.6. The Bertz CT molecular complexity index is 1290. The molecule has 162 valence electrons. The SMILES string of the molecule is COc1nc(/C=C/c2nc3n(n2)CCCC3c2ccccc2Br)ccc1-n1cnc(C)c1. The molecular weight excluding hydrogens is 468 g/mol. The van der Waals surface area contributed by atoms with Crippen LogP contribution in [-0.2, 0) is 6.54 Å². The molecule has 0 bridgehead atoms. The van der Waals surface area contributed by atoms with Crippen molar-refractivity contribution in [1.82, 2.24) is 29.3 Å². The molecule has 0 fully saturated rings. The van der Waals surface area contributed by atoms with Gasteiger partial charge < -0.3 is 9.30 Å². The maximum atomic E-state index is 5.51. The van der Waals surface area contributed by atoms with Crippen molar-refractivity contribution < 1.29 is 4.74 Å². The molecule has 1 aliphatic heterocycles. The number of hydrogen-bond acceptors (Lipinski definition) is 5. The lowest BCUT2D eigenvalue weighted by Gasteiger charge is -2.23. The quantitative estimate of drug-likeness (QED) is 0.392. The zero-order chi connectivity index (χ0) is 22.1. The van der Waals surface area contributed by atoms with Gasteiger partial charge in [0.15, 0.2) is 5.82 Å². The molecule has 1 aliphatic rings. The highest BCUT2D eigenvalue weighted by molar-refractivity contribution is 9.10. The van der Waals surface area contributed by atoms with Gasteiger partial charge in [0.2, 0.25) is 5.88 Å². The lowest BCUT2D eigenvalue weighted by atomic mass is 9.91. The second-order valence-corrected chi connectivity index (χ2v) is 8.64. The fourth-order valence-corrected chi connectivity index (χ4v) is 4.65. The summed E-state index contributed by atoms with van der Waals surface area (Å²) in [6.07, 6.45) is 9.67. The van der Waals surface area contributed by atoms with Gasteiger partial charge in [-0.3, -0.25) is 0 Å². The van der Waals surface area contributed by atoms with Crippen molar-refractivity contribution in [3.05, 3.63) is 82.0 Å². The number of imidazole rings is 1. The Morgan fingerprint density at radius 3 is 2.78 bits per heavy atom. The summed E-state index contributed by atoms with van der Waals surface area (Å²) in [5, 5.41) is 4.71. The average Bonchev–Trinajstić information content (AvgIpc) is 3.43. The molecule has 0 spiro atoms. The van der Waals surface area contributed by atoms with Crippen LogP contribution in [-0.4, -0.2) is 36.4 Å². The summed E-state index contributed by atoms with van der Waals surface area (Å²) in [7, 11) is 1.62. The van der Waals surface area contributed by atoms with E-state index >= 15 is 0 Å². The number of aromatic nitrogens is 6. The first-order chi connectivity index (χ1) is 15.6. The van der Waals surface area contributed by atoms with E-state index in [0.717, 1.165) is 46.8 Å². The first-order valence-corrected chi connectivity index (χ1v) is 11.3. The highest BCUT2D eigenvalue weighted by atomic mass is 79.9. The van der Waals surface area contributed by atoms with Crippen LogP contribution in [0.25, 0.3) is 17.8 Å². The van der Waals surface area contributed by atoms with E-state index < -0.39 is 0 Å². The molecule has 0 N–H and O–H groups in total. The lowest BCUT2D eigenvalue weighted by molar-refractivity contribution is 0.395. The van der Waals surface area contributed by atoms with Gasteiger partial charge in [-0.25, -0.2) is 19.6 Å². The first-order valence-electron chi connectivity index (χ1n) is 10.6. The van der Waals surface area contributed by atoms with Crippen LogP contribution in [0.5, 0.6) is 5.88 Å². The minimum absolute atomic E-state index is 0.241. The molecule has 5 rings (SSSR count). The van der Waals surface area contributed by atoms with E-state index in [1.807, 2.05) is 52.7 Å². The maximum absolute atomic E-state index is 5.51. The average molecular weight is 491 g/mol. The fraction of sp³-hybridized carbons (Fsp3) is 0.250. The molecular formula is C24H23BrN6O. The van der Waals surface area contributed by atoms with Crippen molar-refractivity contribution in [2.45, 2.75) is 32.2 Å². The number of ether oxygens (including phenoxy) is 1. The second-order valence-electron chi connectivity index (χ2n) is 7.79. The molecule has 0 aliphatic carbocycles. The van der Waals surface area contributed by atoms with E-state index in [2.05, 4.69) is 44.1 Å². The van der Waals surface area contributed by atoms with Crippen LogP contribution in [0, 0.1) is 6.92 Å². The minimum Gasteiger partial charge on any atom is -0.479 e. The van der Waals surface area contributed by atoms with E-state index in [1.165, 1.54) is 5.56 Å². The van der Waals surface area contributed by atoms with Gasteiger partial charge in [-0.05, 0) is 55.7 Å². The Labute approximate surface area is 194 Å². The zero-order valence-corrected chi connectivity index (χ0v) is 19.5. The summed E-state index contributed by atoms with van der Waals surface area (Å²) in [5.74, 6) is 2.48. The summed E-state index contributed by atoms with van der Waals surface area (Å²) in [5.41, 5.74) is 3.81. The van der Waals surface area contributed by atoms with Gasteiger partial charge in [-0.15, -0.1) is 0 Å². The Kier molecular flexibility index (Phi) is 5.61. The summed E-state index contributed by atoms with van der Waals surface area (Å²) in [6.45, 7) is 2.84. The lowest BCUT2D eigenvalue weighted by Crippen LogP contribution is -2.18. The summed E-state index contributed by atoms with van der Waals surface area (Å²) >= 11 is 3.69. The molecule has 3 aromatic heterocycles. The van der Waals surface area contributed by atoms with Crippen molar-refractivity contribution in [3.8, 4) is 11.6 Å². The van der Waals surface area contributed by atoms with Gasteiger partial charge in [-0.1, -0.05) is 34.1 Å². The molecule has 7 nitrogen and oxygen atoms in total. The fourth-order valence-electron chi connectivity index (χ4n) is 4.09. The van der Waals surface area contributed by atoms with E-state index in [1.54, 1.807) is 13.4 Å². The van der Waals surface area contributed by atoms with Crippen LogP contribution >= 0.6 is 15.9 Å². The van der Waals surface area contributed by atoms with Crippen molar-refractivity contribution in [3.63, 3.8) is 0 Å². The number of nitrogens with zero attached hydrogens (tertiary/aromatic N) is 6. The smallest absolute Gasteiger partial charge is 0.238 e. The van der Waals surface area contributed by atoms with E-state index in [4.69, 9.17) is 14.8 Å². The maximum Gasteiger partial charge on any atom is 0.238 e. The van der Waals surface area contributed by atoms with Crippen LogP contribution in [0.4, 0.5) is 0 Å². The Hall–Kier alpha value is -3.26. The molecule has 1 aromatic carbocycles. The normalized spacial score (nSPS) is 15.8. The third-order valence-electron chi connectivity index (χ3n) is 5.62. The number of benzene rings is 1. The molecule has 8 heteroatoms. The van der Waals surface area contributed by atoms with Crippen LogP contribution < -0.4 is 4.74 Å². The highest BCUT2D eigenvalue weighted by Gasteiger charge is 2.26. The monoisotopic (exact) mass is 490 g/mol. The van der Waals surface area contributed by atoms with Gasteiger partial charge in [-0.2, -0.15) is 5.10 Å². The topological polar surface area (TPSA) is 70.7 Å². The van der Waals surface area contributed by atoms with E-state index in [0.29, 0.717) is 11.7 Å². The standard InChI is InChI=1S/C24H23BrN6O/c1-16-14-30(15-26-16)21-11-9-17(27-24(21)32-2)10-12-22-28-23-19(7-5-13-31(23)29-22)18-6-3-4-8-20(18)25/h3-4,6,8-12,14-15,19H,5,7,13H2,1-2H3/b12-10+. The van der Waals surface area contributed by atoms with E-state index in [-0.39, 0.29) is 5.92 Å². The summed E-state index contributed by atoms with van der Waals surface area (Å²) < 4.78 is 10.6. The summed E-state index contributed by atoms with van der Waals surface area (Å²) in [4.78, 5) is 13.7. The molecule has 0 amide bonds. The van der Waals surface area contributed by atoms with Crippen molar-refractivity contribution in [2.75, 3.05) is 7.11 Å². The molecule has 0 saturated heterocycles. The van der Waals surface area contributed by atoms with Gasteiger partial charge >= 0.3 is 0 Å². The van der Waals surface area contributed by atoms with Crippen LogP contribution in [0.1, 0.15) is 47.4 Å². The number of hydrogen-bond donors (Lipinski definition) is 0. The Morgan fingerprint density at radius 2 is 2.00 bits per heavy atom. The molecule has 1 unspecified atom stereocenters. The van der Waals surface area contributed by atoms with Gasteiger partial charge in [0.05, 0.1) is 24.8 Å². The number of halogens is 1. The second kappa shape index (κ2) is 8.70. The molecule has 0 saturated carbocycles. The predicted molar refractivity (Wildman–Crippen MR) is 127 cm³/mol. The zero-order valence-electron chi connectivity index (χ0n) is 17.9. The van der Waals surface area contributed by atoms with E-state index in [9.17, 15) is 0 Å². The van der Waals surface area contributed by atoms with Gasteiger partial charge in [0, 0.05) is 23.1 Å².